The lowest BCUT2D eigenvalue weighted by atomic mass is 9.83. The highest BCUT2D eigenvalue weighted by Crippen LogP contribution is 2.36. The van der Waals surface area contributed by atoms with Gasteiger partial charge in [0.15, 0.2) is 0 Å². The standard InChI is InChI=1S/C22H31N9OS/c1-16-12-24-21(25-18-11-17(2)27-33-18)26-20(16)30-14-22(15-30,5-6-23)31-9-7-29(8-10-31)19(32)13-28(3)4/h11-12H,5,7-10,13-15H2,1-4H3,(H,24,25,26). The van der Waals surface area contributed by atoms with Crippen LogP contribution in [0.4, 0.5) is 16.8 Å². The zero-order valence-electron chi connectivity index (χ0n) is 19.7. The SMILES string of the molecule is Cc1cc(Nc2ncc(C)c(N3CC(CC#N)(N4CCN(C(=O)CN(C)C)CC4)C3)n2)sn1. The van der Waals surface area contributed by atoms with Crippen molar-refractivity contribution in [1.82, 2.24) is 29.0 Å². The summed E-state index contributed by atoms with van der Waals surface area (Å²) in [5.74, 6) is 1.60. The van der Waals surface area contributed by atoms with Crippen LogP contribution in [0.25, 0.3) is 0 Å². The molecule has 0 saturated carbocycles. The predicted molar refractivity (Wildman–Crippen MR) is 129 cm³/mol. The van der Waals surface area contributed by atoms with Gasteiger partial charge in [0.05, 0.1) is 30.3 Å². The number of nitrogens with zero attached hydrogens (tertiary/aromatic N) is 8. The number of amides is 1. The Labute approximate surface area is 199 Å². The smallest absolute Gasteiger partial charge is 0.236 e. The summed E-state index contributed by atoms with van der Waals surface area (Å²) in [6.07, 6.45) is 2.29. The van der Waals surface area contributed by atoms with E-state index in [1.54, 1.807) is 0 Å². The summed E-state index contributed by atoms with van der Waals surface area (Å²) in [7, 11) is 3.82. The highest BCUT2D eigenvalue weighted by Gasteiger charge is 2.49. The molecule has 0 radical (unpaired) electrons. The number of rotatable bonds is 7. The van der Waals surface area contributed by atoms with Crippen LogP contribution in [-0.4, -0.2) is 100 Å². The topological polar surface area (TPSA) is 105 Å². The first-order valence-corrected chi connectivity index (χ1v) is 11.9. The molecule has 2 aromatic rings. The van der Waals surface area contributed by atoms with Gasteiger partial charge >= 0.3 is 0 Å². The summed E-state index contributed by atoms with van der Waals surface area (Å²) >= 11 is 1.38. The van der Waals surface area contributed by atoms with Crippen LogP contribution in [0.15, 0.2) is 12.3 Å². The van der Waals surface area contributed by atoms with Gasteiger partial charge in [-0.2, -0.15) is 14.6 Å². The first kappa shape index (κ1) is 23.4. The number of nitriles is 1. The molecule has 0 bridgehead atoms. The van der Waals surface area contributed by atoms with Crippen LogP contribution in [0.5, 0.6) is 0 Å². The highest BCUT2D eigenvalue weighted by atomic mass is 32.1. The number of aromatic nitrogens is 3. The van der Waals surface area contributed by atoms with Crippen LogP contribution < -0.4 is 10.2 Å². The second-order valence-corrected chi connectivity index (χ2v) is 9.98. The Morgan fingerprint density at radius 1 is 1.27 bits per heavy atom. The first-order valence-electron chi connectivity index (χ1n) is 11.1. The molecule has 4 rings (SSSR count). The maximum absolute atomic E-state index is 12.4. The molecule has 0 atom stereocenters. The van der Waals surface area contributed by atoms with Gasteiger partial charge in [-0.15, -0.1) is 0 Å². The van der Waals surface area contributed by atoms with Crippen LogP contribution in [-0.2, 0) is 4.79 Å². The van der Waals surface area contributed by atoms with Gasteiger partial charge in [0, 0.05) is 51.0 Å². The van der Waals surface area contributed by atoms with E-state index in [0.29, 0.717) is 32.0 Å². The van der Waals surface area contributed by atoms with E-state index in [2.05, 4.69) is 30.5 Å². The number of hydrogen-bond acceptors (Lipinski definition) is 10. The molecule has 10 nitrogen and oxygen atoms in total. The van der Waals surface area contributed by atoms with Gasteiger partial charge in [-0.1, -0.05) is 0 Å². The molecule has 0 aromatic carbocycles. The van der Waals surface area contributed by atoms with Gasteiger partial charge in [-0.25, -0.2) is 4.98 Å². The van der Waals surface area contributed by atoms with Crippen molar-refractivity contribution in [1.29, 1.82) is 5.26 Å². The Hall–Kier alpha value is -2.81. The lowest BCUT2D eigenvalue weighted by Gasteiger charge is -2.57. The molecule has 2 fully saturated rings. The molecule has 0 unspecified atom stereocenters. The van der Waals surface area contributed by atoms with E-state index in [1.165, 1.54) is 11.5 Å². The van der Waals surface area contributed by atoms with E-state index >= 15 is 0 Å². The van der Waals surface area contributed by atoms with Crippen molar-refractivity contribution in [2.45, 2.75) is 25.8 Å². The highest BCUT2D eigenvalue weighted by molar-refractivity contribution is 7.10. The van der Waals surface area contributed by atoms with Gasteiger partial charge in [0.25, 0.3) is 0 Å². The maximum atomic E-state index is 12.4. The molecule has 176 valence electrons. The van der Waals surface area contributed by atoms with E-state index in [0.717, 1.165) is 48.3 Å². The minimum Gasteiger partial charge on any atom is -0.352 e. The van der Waals surface area contributed by atoms with Crippen LogP contribution in [0.2, 0.25) is 0 Å². The van der Waals surface area contributed by atoms with Crippen molar-refractivity contribution in [3.05, 3.63) is 23.5 Å². The van der Waals surface area contributed by atoms with E-state index < -0.39 is 0 Å². The molecule has 0 spiro atoms. The van der Waals surface area contributed by atoms with Gasteiger partial charge < -0.3 is 20.0 Å². The molecule has 1 amide bonds. The molecule has 33 heavy (non-hydrogen) atoms. The quantitative estimate of drug-likeness (QED) is 0.645. The third-order valence-electron chi connectivity index (χ3n) is 6.24. The number of carbonyl (C=O) groups excluding carboxylic acids is 1. The minimum absolute atomic E-state index is 0.164. The number of carbonyl (C=O) groups is 1. The van der Waals surface area contributed by atoms with Crippen molar-refractivity contribution >= 4 is 34.2 Å². The number of hydrogen-bond donors (Lipinski definition) is 1. The molecule has 2 aliphatic heterocycles. The lowest BCUT2D eigenvalue weighted by molar-refractivity contribution is -0.134. The molecule has 1 N–H and O–H groups in total. The average molecular weight is 470 g/mol. The van der Waals surface area contributed by atoms with Gasteiger partial charge in [-0.3, -0.25) is 9.69 Å². The Balaban J connectivity index is 1.41. The molecule has 4 heterocycles. The third-order valence-corrected chi connectivity index (χ3v) is 7.04. The summed E-state index contributed by atoms with van der Waals surface area (Å²) in [6.45, 7) is 8.85. The lowest BCUT2D eigenvalue weighted by Crippen LogP contribution is -2.73. The van der Waals surface area contributed by atoms with E-state index in [-0.39, 0.29) is 11.4 Å². The second-order valence-electron chi connectivity index (χ2n) is 9.18. The van der Waals surface area contributed by atoms with Crippen molar-refractivity contribution < 1.29 is 4.79 Å². The predicted octanol–water partition coefficient (Wildman–Crippen LogP) is 1.47. The van der Waals surface area contributed by atoms with Crippen LogP contribution in [0.1, 0.15) is 17.7 Å². The van der Waals surface area contributed by atoms with Gasteiger partial charge in [0.2, 0.25) is 11.9 Å². The van der Waals surface area contributed by atoms with Crippen molar-refractivity contribution in [3.63, 3.8) is 0 Å². The zero-order valence-corrected chi connectivity index (χ0v) is 20.5. The van der Waals surface area contributed by atoms with Crippen LogP contribution in [0, 0.1) is 25.2 Å². The molecule has 11 heteroatoms. The zero-order chi connectivity index (χ0) is 23.6. The average Bonchev–Trinajstić information content (AvgIpc) is 3.16. The Morgan fingerprint density at radius 2 is 2.00 bits per heavy atom. The summed E-state index contributed by atoms with van der Waals surface area (Å²) in [6, 6.07) is 4.36. The largest absolute Gasteiger partial charge is 0.352 e. The van der Waals surface area contributed by atoms with Gasteiger partial charge in [-0.05, 0) is 45.5 Å². The number of nitrogens with one attached hydrogen (secondary N) is 1. The van der Waals surface area contributed by atoms with Crippen molar-refractivity contribution in [2.24, 2.45) is 0 Å². The number of aryl methyl sites for hydroxylation is 2. The second kappa shape index (κ2) is 9.59. The molecule has 2 aromatic heterocycles. The summed E-state index contributed by atoms with van der Waals surface area (Å²) < 4.78 is 4.29. The first-order chi connectivity index (χ1) is 15.8. The van der Waals surface area contributed by atoms with Crippen molar-refractivity contribution in [2.75, 3.05) is 70.1 Å². The van der Waals surface area contributed by atoms with Gasteiger partial charge in [0.1, 0.15) is 10.8 Å². The van der Waals surface area contributed by atoms with Crippen molar-refractivity contribution in [3.8, 4) is 6.07 Å². The summed E-state index contributed by atoms with van der Waals surface area (Å²) in [5.41, 5.74) is 1.76. The van der Waals surface area contributed by atoms with E-state index in [9.17, 15) is 10.1 Å². The Morgan fingerprint density at radius 3 is 2.61 bits per heavy atom. The monoisotopic (exact) mass is 469 g/mol. The molecule has 2 aliphatic rings. The van der Waals surface area contributed by atoms with Crippen LogP contribution >= 0.6 is 11.5 Å². The molecule has 2 saturated heterocycles. The number of anilines is 3. The number of likely N-dealkylation sites (N-methyl/N-ethyl adjacent to an activating group) is 1. The summed E-state index contributed by atoms with van der Waals surface area (Å²) in [5, 5.41) is 13.7. The summed E-state index contributed by atoms with van der Waals surface area (Å²) in [4.78, 5) is 30.0. The third kappa shape index (κ3) is 5.08. The van der Waals surface area contributed by atoms with E-state index in [1.807, 2.05) is 50.0 Å². The fraction of sp³-hybridized carbons (Fsp3) is 0.591. The number of piperazine rings is 1. The van der Waals surface area contributed by atoms with Crippen LogP contribution in [0.3, 0.4) is 0 Å². The fourth-order valence-electron chi connectivity index (χ4n) is 4.53. The molecular weight excluding hydrogens is 438 g/mol. The fourth-order valence-corrected chi connectivity index (χ4v) is 5.19. The molecule has 0 aliphatic carbocycles. The Kier molecular flexibility index (Phi) is 6.78. The normalized spacial score (nSPS) is 18.2. The molecular formula is C22H31N9OS. The Bertz CT molecular complexity index is 1030. The van der Waals surface area contributed by atoms with E-state index in [4.69, 9.17) is 4.98 Å². The maximum Gasteiger partial charge on any atom is 0.236 e. The minimum atomic E-state index is -0.203.